The zero-order chi connectivity index (χ0) is 36.0. The predicted molar refractivity (Wildman–Crippen MR) is 185 cm³/mol. The maximum atomic E-state index is 13.5. The zero-order valence-electron chi connectivity index (χ0n) is 28.4. The Morgan fingerprint density at radius 3 is 2.14 bits per heavy atom. The van der Waals surface area contributed by atoms with Crippen molar-refractivity contribution < 1.29 is 37.0 Å². The van der Waals surface area contributed by atoms with Crippen molar-refractivity contribution in [3.05, 3.63) is 95.6 Å². The summed E-state index contributed by atoms with van der Waals surface area (Å²) >= 11 is 0. The van der Waals surface area contributed by atoms with E-state index in [1.54, 1.807) is 57.2 Å². The third-order valence-corrected chi connectivity index (χ3v) is 8.30. The largest absolute Gasteiger partial charge is 0.489 e. The van der Waals surface area contributed by atoms with Gasteiger partial charge in [0, 0.05) is 13.0 Å². The number of aryl methyl sites for hydroxylation is 1. The molecular weight excluding hydrogens is 650 g/mol. The van der Waals surface area contributed by atoms with Crippen LogP contribution in [0.2, 0.25) is 0 Å². The van der Waals surface area contributed by atoms with Crippen LogP contribution in [0.15, 0.2) is 88.8 Å². The van der Waals surface area contributed by atoms with Crippen molar-refractivity contribution in [2.24, 2.45) is 10.7 Å². The summed E-state index contributed by atoms with van der Waals surface area (Å²) in [7, 11) is -2.72. The number of methoxy groups -OCH3 is 1. The lowest BCUT2D eigenvalue weighted by Gasteiger charge is -2.25. The molecule has 2 atom stereocenters. The van der Waals surface area contributed by atoms with Gasteiger partial charge in [-0.3, -0.25) is 9.79 Å². The number of alkyl carbamates (subject to hydrolysis) is 1. The molecule has 0 aliphatic rings. The minimum absolute atomic E-state index is 0.0289. The minimum Gasteiger partial charge on any atom is -0.489 e. The Labute approximate surface area is 287 Å². The second kappa shape index (κ2) is 17.9. The molecule has 3 rings (SSSR count). The molecule has 5 N–H and O–H groups in total. The van der Waals surface area contributed by atoms with Crippen LogP contribution in [0.5, 0.6) is 5.75 Å². The molecule has 0 saturated carbocycles. The van der Waals surface area contributed by atoms with E-state index in [4.69, 9.17) is 19.9 Å². The Morgan fingerprint density at radius 2 is 1.53 bits per heavy atom. The molecule has 0 aliphatic heterocycles. The molecule has 3 aromatic rings. The Bertz CT molecular complexity index is 1670. The molecule has 0 radical (unpaired) electrons. The monoisotopic (exact) mass is 695 g/mol. The zero-order valence-corrected chi connectivity index (χ0v) is 29.2. The maximum Gasteiger partial charge on any atom is 0.408 e. The number of aliphatic imine (C=N–C) groups is 1. The van der Waals surface area contributed by atoms with Gasteiger partial charge in [-0.15, -0.1) is 0 Å². The second-order valence-electron chi connectivity index (χ2n) is 12.2. The summed E-state index contributed by atoms with van der Waals surface area (Å²) in [6.07, 6.45) is -0.442. The van der Waals surface area contributed by atoms with Gasteiger partial charge in [0.15, 0.2) is 0 Å². The van der Waals surface area contributed by atoms with Gasteiger partial charge in [0.1, 0.15) is 30.0 Å². The normalized spacial score (nSPS) is 13.0. The number of rotatable bonds is 15. The first kappa shape index (κ1) is 38.3. The van der Waals surface area contributed by atoms with Crippen LogP contribution in [0.4, 0.5) is 4.79 Å². The van der Waals surface area contributed by atoms with E-state index in [-0.39, 0.29) is 36.7 Å². The summed E-state index contributed by atoms with van der Waals surface area (Å²) in [4.78, 5) is 42.9. The molecule has 0 aromatic heterocycles. The van der Waals surface area contributed by atoms with E-state index in [1.807, 2.05) is 37.3 Å². The molecule has 0 saturated heterocycles. The van der Waals surface area contributed by atoms with Gasteiger partial charge in [0.2, 0.25) is 11.9 Å². The average Bonchev–Trinajstić information content (AvgIpc) is 3.04. The lowest BCUT2D eigenvalue weighted by molar-refractivity contribution is -0.145. The molecule has 0 bridgehead atoms. The van der Waals surface area contributed by atoms with Gasteiger partial charge in [-0.1, -0.05) is 60.2 Å². The van der Waals surface area contributed by atoms with Crippen molar-refractivity contribution in [3.8, 4) is 5.75 Å². The van der Waals surface area contributed by atoms with E-state index in [0.717, 1.165) is 16.7 Å². The quantitative estimate of drug-likeness (QED) is 0.0795. The fraction of sp³-hybridized carbons (Fsp3) is 0.371. The Morgan fingerprint density at radius 1 is 0.878 bits per heavy atom. The van der Waals surface area contributed by atoms with Gasteiger partial charge in [-0.2, -0.15) is 0 Å². The number of nitrogens with one attached hydrogen (secondary N) is 3. The highest BCUT2D eigenvalue weighted by Crippen LogP contribution is 2.16. The smallest absolute Gasteiger partial charge is 0.408 e. The number of benzene rings is 3. The SMILES string of the molecule is COC(=O)[C@H](Cc1ccc(OCc2ccccc2)cc1)NC(=O)[C@H](CCCN=C(N)NS(=O)(=O)c1ccc(C)cc1)NC(=O)OC(C)(C)C. The number of hydrogen-bond donors (Lipinski definition) is 4. The number of nitrogens with zero attached hydrogens (tertiary/aromatic N) is 1. The molecule has 0 unspecified atom stereocenters. The number of esters is 1. The first-order chi connectivity index (χ1) is 23.1. The van der Waals surface area contributed by atoms with Gasteiger partial charge >= 0.3 is 12.1 Å². The summed E-state index contributed by atoms with van der Waals surface area (Å²) in [5, 5.41) is 5.24. The molecule has 0 aliphatic carbocycles. The van der Waals surface area contributed by atoms with Gasteiger partial charge in [0.05, 0.1) is 12.0 Å². The molecule has 14 heteroatoms. The second-order valence-corrected chi connectivity index (χ2v) is 13.9. The van der Waals surface area contributed by atoms with E-state index < -0.39 is 45.7 Å². The topological polar surface area (TPSA) is 188 Å². The molecule has 264 valence electrons. The van der Waals surface area contributed by atoms with E-state index in [2.05, 4.69) is 20.3 Å². The first-order valence-electron chi connectivity index (χ1n) is 15.7. The number of carbonyl (C=O) groups excluding carboxylic acids is 3. The fourth-order valence-electron chi connectivity index (χ4n) is 4.47. The molecule has 0 heterocycles. The summed E-state index contributed by atoms with van der Waals surface area (Å²) in [6, 6.07) is 20.9. The number of amides is 2. The maximum absolute atomic E-state index is 13.5. The summed E-state index contributed by atoms with van der Waals surface area (Å²) < 4.78 is 43.5. The van der Waals surface area contributed by atoms with Crippen molar-refractivity contribution in [1.29, 1.82) is 0 Å². The van der Waals surface area contributed by atoms with E-state index in [1.165, 1.54) is 19.2 Å². The van der Waals surface area contributed by atoms with E-state index >= 15 is 0 Å². The van der Waals surface area contributed by atoms with Crippen LogP contribution in [0.1, 0.15) is 50.3 Å². The van der Waals surface area contributed by atoms with Crippen LogP contribution < -0.4 is 25.8 Å². The van der Waals surface area contributed by atoms with Crippen LogP contribution in [0.3, 0.4) is 0 Å². The fourth-order valence-corrected chi connectivity index (χ4v) is 5.42. The molecule has 49 heavy (non-hydrogen) atoms. The Hall–Kier alpha value is -5.11. The third-order valence-electron chi connectivity index (χ3n) is 6.92. The lowest BCUT2D eigenvalue weighted by Crippen LogP contribution is -2.53. The number of hydrogen-bond acceptors (Lipinski definition) is 9. The van der Waals surface area contributed by atoms with Crippen LogP contribution >= 0.6 is 0 Å². The van der Waals surface area contributed by atoms with Crippen molar-refractivity contribution in [2.75, 3.05) is 13.7 Å². The lowest BCUT2D eigenvalue weighted by atomic mass is 10.0. The number of carbonyl (C=O) groups is 3. The highest BCUT2D eigenvalue weighted by atomic mass is 32.2. The van der Waals surface area contributed by atoms with Gasteiger partial charge in [-0.25, -0.2) is 22.7 Å². The summed E-state index contributed by atoms with van der Waals surface area (Å²) in [5.41, 5.74) is 7.65. The Balaban J connectivity index is 1.65. The van der Waals surface area contributed by atoms with Crippen molar-refractivity contribution in [3.63, 3.8) is 0 Å². The minimum atomic E-state index is -3.94. The summed E-state index contributed by atoms with van der Waals surface area (Å²) in [5.74, 6) is -1.02. The number of guanidine groups is 1. The standard InChI is InChI=1S/C35H45N5O8S/c1-24-13-19-28(20-14-24)49(44,45)40-33(36)37-21-9-12-29(39-34(43)48-35(2,3)4)31(41)38-30(32(42)46-5)22-25-15-17-27(18-16-25)47-23-26-10-7-6-8-11-26/h6-8,10-11,13-20,29-30H,9,12,21-23H2,1-5H3,(H,38,41)(H,39,43)(H3,36,37,40)/t29-,30-/m0/s1. The molecule has 3 aromatic carbocycles. The van der Waals surface area contributed by atoms with E-state index in [9.17, 15) is 22.8 Å². The number of sulfonamides is 1. The highest BCUT2D eigenvalue weighted by molar-refractivity contribution is 7.90. The molecular formula is C35H45N5O8S. The predicted octanol–water partition coefficient (Wildman–Crippen LogP) is 3.74. The van der Waals surface area contributed by atoms with Crippen molar-refractivity contribution >= 4 is 34.0 Å². The molecule has 0 fully saturated rings. The van der Waals surface area contributed by atoms with Gasteiger partial charge < -0.3 is 30.6 Å². The number of nitrogens with two attached hydrogens (primary N) is 1. The average molecular weight is 696 g/mol. The van der Waals surface area contributed by atoms with Crippen LogP contribution in [-0.4, -0.2) is 63.7 Å². The van der Waals surface area contributed by atoms with Crippen molar-refractivity contribution in [1.82, 2.24) is 15.4 Å². The van der Waals surface area contributed by atoms with Gasteiger partial charge in [0.25, 0.3) is 10.0 Å². The molecule has 2 amide bonds. The highest BCUT2D eigenvalue weighted by Gasteiger charge is 2.29. The van der Waals surface area contributed by atoms with Crippen LogP contribution in [0, 0.1) is 6.92 Å². The van der Waals surface area contributed by atoms with E-state index in [0.29, 0.717) is 12.4 Å². The third kappa shape index (κ3) is 13.5. The van der Waals surface area contributed by atoms with Crippen LogP contribution in [-0.2, 0) is 42.1 Å². The summed E-state index contributed by atoms with van der Waals surface area (Å²) in [6.45, 7) is 7.31. The molecule has 0 spiro atoms. The molecule has 13 nitrogen and oxygen atoms in total. The van der Waals surface area contributed by atoms with Gasteiger partial charge in [-0.05, 0) is 75.9 Å². The Kier molecular flexibility index (Phi) is 14.0. The van der Waals surface area contributed by atoms with Crippen LogP contribution in [0.25, 0.3) is 0 Å². The van der Waals surface area contributed by atoms with Crippen molar-refractivity contribution in [2.45, 2.75) is 76.1 Å². The first-order valence-corrected chi connectivity index (χ1v) is 17.2. The number of ether oxygens (including phenoxy) is 3.